The van der Waals surface area contributed by atoms with Crippen LogP contribution in [-0.4, -0.2) is 44.4 Å². The number of ether oxygens (including phenoxy) is 2. The lowest BCUT2D eigenvalue weighted by atomic mass is 10.2. The van der Waals surface area contributed by atoms with Gasteiger partial charge in [0.25, 0.3) is 0 Å². The van der Waals surface area contributed by atoms with Gasteiger partial charge in [0.15, 0.2) is 0 Å². The molecule has 1 aromatic carbocycles. The summed E-state index contributed by atoms with van der Waals surface area (Å²) in [7, 11) is 0. The van der Waals surface area contributed by atoms with Crippen molar-refractivity contribution in [2.45, 2.75) is 19.8 Å². The van der Waals surface area contributed by atoms with E-state index in [0.29, 0.717) is 0 Å². The number of hydrogen-bond donors (Lipinski definition) is 0. The average molecular weight is 249 g/mol. The van der Waals surface area contributed by atoms with E-state index in [1.165, 1.54) is 18.5 Å². The van der Waals surface area contributed by atoms with E-state index in [0.717, 1.165) is 45.1 Å². The zero-order valence-corrected chi connectivity index (χ0v) is 11.2. The lowest BCUT2D eigenvalue weighted by molar-refractivity contribution is 0.0368. The maximum absolute atomic E-state index is 5.73. The summed E-state index contributed by atoms with van der Waals surface area (Å²) >= 11 is 0. The van der Waals surface area contributed by atoms with Crippen LogP contribution >= 0.6 is 0 Å². The Labute approximate surface area is 110 Å². The Morgan fingerprint density at radius 1 is 1.22 bits per heavy atom. The van der Waals surface area contributed by atoms with Gasteiger partial charge in [-0.1, -0.05) is 12.1 Å². The molecule has 0 radical (unpaired) electrons. The second-order valence-corrected chi connectivity index (χ2v) is 4.83. The van der Waals surface area contributed by atoms with Gasteiger partial charge in [-0.3, -0.25) is 4.90 Å². The van der Waals surface area contributed by atoms with Gasteiger partial charge in [0.1, 0.15) is 5.75 Å². The molecule has 1 fully saturated rings. The van der Waals surface area contributed by atoms with Gasteiger partial charge in [-0.15, -0.1) is 0 Å². The number of hydrogen-bond acceptors (Lipinski definition) is 3. The normalized spacial score (nSPS) is 16.7. The molecule has 0 aromatic heterocycles. The standard InChI is InChI=1S/C15H23NO2/c1-14-5-4-6-15(13-14)18-10-3-2-7-16-8-11-17-12-9-16/h4-6,13H,2-3,7-12H2,1H3. The van der Waals surface area contributed by atoms with Crippen LogP contribution in [0.2, 0.25) is 0 Å². The van der Waals surface area contributed by atoms with Crippen molar-refractivity contribution in [2.24, 2.45) is 0 Å². The molecule has 3 nitrogen and oxygen atoms in total. The Morgan fingerprint density at radius 3 is 2.83 bits per heavy atom. The molecule has 0 saturated carbocycles. The largest absolute Gasteiger partial charge is 0.494 e. The fourth-order valence-corrected chi connectivity index (χ4v) is 2.16. The van der Waals surface area contributed by atoms with Crippen molar-refractivity contribution in [3.63, 3.8) is 0 Å². The number of aryl methyl sites for hydroxylation is 1. The molecular formula is C15H23NO2. The number of rotatable bonds is 6. The summed E-state index contributed by atoms with van der Waals surface area (Å²) in [6, 6.07) is 8.24. The highest BCUT2D eigenvalue weighted by molar-refractivity contribution is 5.27. The maximum Gasteiger partial charge on any atom is 0.119 e. The van der Waals surface area contributed by atoms with Gasteiger partial charge >= 0.3 is 0 Å². The molecule has 1 aromatic rings. The topological polar surface area (TPSA) is 21.7 Å². The molecule has 2 rings (SSSR count). The van der Waals surface area contributed by atoms with Gasteiger partial charge in [-0.05, 0) is 44.0 Å². The maximum atomic E-state index is 5.73. The highest BCUT2D eigenvalue weighted by Crippen LogP contribution is 2.12. The van der Waals surface area contributed by atoms with Crippen LogP contribution in [0.5, 0.6) is 5.75 Å². The zero-order valence-electron chi connectivity index (χ0n) is 11.2. The molecular weight excluding hydrogens is 226 g/mol. The molecule has 0 bridgehead atoms. The molecule has 1 aliphatic rings. The van der Waals surface area contributed by atoms with Crippen LogP contribution in [0.4, 0.5) is 0 Å². The van der Waals surface area contributed by atoms with Crippen molar-refractivity contribution < 1.29 is 9.47 Å². The minimum Gasteiger partial charge on any atom is -0.494 e. The van der Waals surface area contributed by atoms with E-state index in [9.17, 15) is 0 Å². The average Bonchev–Trinajstić information content (AvgIpc) is 2.40. The van der Waals surface area contributed by atoms with E-state index < -0.39 is 0 Å². The van der Waals surface area contributed by atoms with Gasteiger partial charge in [0.05, 0.1) is 19.8 Å². The SMILES string of the molecule is Cc1cccc(OCCCCN2CCOCC2)c1. The summed E-state index contributed by atoms with van der Waals surface area (Å²) in [5.41, 5.74) is 1.25. The predicted molar refractivity (Wildman–Crippen MR) is 73.2 cm³/mol. The van der Waals surface area contributed by atoms with E-state index >= 15 is 0 Å². The lowest BCUT2D eigenvalue weighted by Gasteiger charge is -2.26. The van der Waals surface area contributed by atoms with Crippen molar-refractivity contribution in [3.05, 3.63) is 29.8 Å². The summed E-state index contributed by atoms with van der Waals surface area (Å²) in [4.78, 5) is 2.47. The minimum absolute atomic E-state index is 0.813. The minimum atomic E-state index is 0.813. The Balaban J connectivity index is 1.55. The Morgan fingerprint density at radius 2 is 2.06 bits per heavy atom. The van der Waals surface area contributed by atoms with Crippen molar-refractivity contribution >= 4 is 0 Å². The Bertz CT molecular complexity index is 348. The second-order valence-electron chi connectivity index (χ2n) is 4.83. The molecule has 0 atom stereocenters. The summed E-state index contributed by atoms with van der Waals surface area (Å²) in [6.45, 7) is 8.01. The van der Waals surface area contributed by atoms with E-state index in [4.69, 9.17) is 9.47 Å². The van der Waals surface area contributed by atoms with Crippen LogP contribution in [0.3, 0.4) is 0 Å². The van der Waals surface area contributed by atoms with Gasteiger partial charge in [-0.25, -0.2) is 0 Å². The third-order valence-electron chi connectivity index (χ3n) is 3.23. The number of unbranched alkanes of at least 4 members (excludes halogenated alkanes) is 1. The third-order valence-corrected chi connectivity index (χ3v) is 3.23. The fraction of sp³-hybridized carbons (Fsp3) is 0.600. The Hall–Kier alpha value is -1.06. The first-order chi connectivity index (χ1) is 8.84. The van der Waals surface area contributed by atoms with Crippen LogP contribution in [0.25, 0.3) is 0 Å². The molecule has 0 spiro atoms. The van der Waals surface area contributed by atoms with E-state index in [1.54, 1.807) is 0 Å². The molecule has 0 amide bonds. The first-order valence-corrected chi connectivity index (χ1v) is 6.84. The predicted octanol–water partition coefficient (Wildman–Crippen LogP) is 2.49. The van der Waals surface area contributed by atoms with Crippen molar-refractivity contribution in [2.75, 3.05) is 39.5 Å². The van der Waals surface area contributed by atoms with Gasteiger partial charge < -0.3 is 9.47 Å². The zero-order chi connectivity index (χ0) is 12.6. The quantitative estimate of drug-likeness (QED) is 0.723. The van der Waals surface area contributed by atoms with Gasteiger partial charge in [0, 0.05) is 13.1 Å². The molecule has 1 saturated heterocycles. The fourth-order valence-electron chi connectivity index (χ4n) is 2.16. The summed E-state index contributed by atoms with van der Waals surface area (Å²) in [6.07, 6.45) is 2.32. The van der Waals surface area contributed by atoms with Crippen LogP contribution < -0.4 is 4.74 Å². The van der Waals surface area contributed by atoms with Crippen LogP contribution in [-0.2, 0) is 4.74 Å². The highest BCUT2D eigenvalue weighted by Gasteiger charge is 2.08. The molecule has 0 aliphatic carbocycles. The summed E-state index contributed by atoms with van der Waals surface area (Å²) in [5, 5.41) is 0. The molecule has 1 heterocycles. The number of morpholine rings is 1. The van der Waals surface area contributed by atoms with Gasteiger partial charge in [0.2, 0.25) is 0 Å². The first kappa shape index (κ1) is 13.4. The molecule has 3 heteroatoms. The molecule has 100 valence electrons. The van der Waals surface area contributed by atoms with E-state index in [-0.39, 0.29) is 0 Å². The van der Waals surface area contributed by atoms with Crippen molar-refractivity contribution in [3.8, 4) is 5.75 Å². The highest BCUT2D eigenvalue weighted by atomic mass is 16.5. The Kier molecular flexibility index (Phi) is 5.49. The van der Waals surface area contributed by atoms with Crippen LogP contribution in [0, 0.1) is 6.92 Å². The van der Waals surface area contributed by atoms with E-state index in [1.807, 2.05) is 12.1 Å². The summed E-state index contributed by atoms with van der Waals surface area (Å²) < 4.78 is 11.1. The third kappa shape index (κ3) is 4.67. The first-order valence-electron chi connectivity index (χ1n) is 6.84. The van der Waals surface area contributed by atoms with Gasteiger partial charge in [-0.2, -0.15) is 0 Å². The second kappa shape index (κ2) is 7.39. The monoisotopic (exact) mass is 249 g/mol. The summed E-state index contributed by atoms with van der Waals surface area (Å²) in [5.74, 6) is 0.987. The van der Waals surface area contributed by atoms with E-state index in [2.05, 4.69) is 24.0 Å². The van der Waals surface area contributed by atoms with Crippen LogP contribution in [0.1, 0.15) is 18.4 Å². The number of nitrogens with zero attached hydrogens (tertiary/aromatic N) is 1. The molecule has 18 heavy (non-hydrogen) atoms. The molecule has 0 N–H and O–H groups in total. The molecule has 1 aliphatic heterocycles. The lowest BCUT2D eigenvalue weighted by Crippen LogP contribution is -2.36. The smallest absolute Gasteiger partial charge is 0.119 e. The number of benzene rings is 1. The van der Waals surface area contributed by atoms with Crippen LogP contribution in [0.15, 0.2) is 24.3 Å². The van der Waals surface area contributed by atoms with Crippen molar-refractivity contribution in [1.82, 2.24) is 4.90 Å². The molecule has 0 unspecified atom stereocenters. The van der Waals surface area contributed by atoms with Crippen molar-refractivity contribution in [1.29, 1.82) is 0 Å².